The smallest absolute Gasteiger partial charge is 0.271 e. The molecule has 1 unspecified atom stereocenters. The van der Waals surface area contributed by atoms with Crippen LogP contribution in [0.4, 0.5) is 17.3 Å². The van der Waals surface area contributed by atoms with Gasteiger partial charge in [0.1, 0.15) is 11.9 Å². The number of aromatic nitrogens is 3. The summed E-state index contributed by atoms with van der Waals surface area (Å²) in [5.74, 6) is -0.548. The Morgan fingerprint density at radius 1 is 1.23 bits per heavy atom. The van der Waals surface area contributed by atoms with Gasteiger partial charge >= 0.3 is 0 Å². The van der Waals surface area contributed by atoms with Crippen molar-refractivity contribution in [1.82, 2.24) is 15.0 Å². The van der Waals surface area contributed by atoms with E-state index in [1.165, 1.54) is 19.5 Å². The molecule has 0 fully saturated rings. The first-order chi connectivity index (χ1) is 12.3. The molecule has 0 saturated carbocycles. The van der Waals surface area contributed by atoms with E-state index in [2.05, 4.69) is 25.6 Å². The van der Waals surface area contributed by atoms with Crippen LogP contribution in [0.2, 0.25) is 0 Å². The van der Waals surface area contributed by atoms with Gasteiger partial charge in [0.15, 0.2) is 11.5 Å². The summed E-state index contributed by atoms with van der Waals surface area (Å²) in [5, 5.41) is 5.87. The number of hydrogen-bond acceptors (Lipinski definition) is 8. The van der Waals surface area contributed by atoms with Gasteiger partial charge in [-0.2, -0.15) is 0 Å². The Labute approximate surface area is 150 Å². The summed E-state index contributed by atoms with van der Waals surface area (Å²) in [7, 11) is 1.49. The third-order valence-electron chi connectivity index (χ3n) is 3.49. The molecule has 0 aromatic carbocycles. The van der Waals surface area contributed by atoms with Crippen molar-refractivity contribution < 1.29 is 14.3 Å². The quantitative estimate of drug-likeness (QED) is 0.534. The van der Waals surface area contributed by atoms with Gasteiger partial charge in [0.05, 0.1) is 13.3 Å². The summed E-state index contributed by atoms with van der Waals surface area (Å²) in [6, 6.07) is 2.64. The summed E-state index contributed by atoms with van der Waals surface area (Å²) in [6.07, 6.45) is 2.85. The Morgan fingerprint density at radius 2 is 1.96 bits per heavy atom. The fraction of sp³-hybridized carbons (Fsp3) is 0.312. The molecule has 10 nitrogen and oxygen atoms in total. The van der Waals surface area contributed by atoms with Gasteiger partial charge in [0, 0.05) is 18.0 Å². The second-order valence-corrected chi connectivity index (χ2v) is 5.80. The van der Waals surface area contributed by atoms with Crippen LogP contribution < -0.4 is 26.8 Å². The summed E-state index contributed by atoms with van der Waals surface area (Å²) in [4.78, 5) is 35.5. The second kappa shape index (κ2) is 8.10. The van der Waals surface area contributed by atoms with Crippen LogP contribution in [0, 0.1) is 5.92 Å². The number of nitrogens with zero attached hydrogens (tertiary/aromatic N) is 3. The van der Waals surface area contributed by atoms with Crippen LogP contribution in [-0.2, 0) is 4.79 Å². The zero-order valence-corrected chi connectivity index (χ0v) is 14.7. The number of anilines is 3. The highest BCUT2D eigenvalue weighted by atomic mass is 16.5. The Balaban J connectivity index is 2.36. The zero-order valence-electron chi connectivity index (χ0n) is 14.7. The van der Waals surface area contributed by atoms with Crippen LogP contribution in [0.25, 0.3) is 0 Å². The number of pyridine rings is 1. The minimum atomic E-state index is -0.747. The number of carbonyl (C=O) groups is 2. The average molecular weight is 359 g/mol. The maximum Gasteiger partial charge on any atom is 0.271 e. The van der Waals surface area contributed by atoms with E-state index in [0.29, 0.717) is 11.6 Å². The molecule has 10 heteroatoms. The van der Waals surface area contributed by atoms with Gasteiger partial charge in [-0.05, 0) is 12.0 Å². The first kappa shape index (κ1) is 18.9. The maximum absolute atomic E-state index is 11.6. The normalized spacial score (nSPS) is 11.7. The lowest BCUT2D eigenvalue weighted by atomic mass is 10.0. The van der Waals surface area contributed by atoms with E-state index in [4.69, 9.17) is 16.2 Å². The number of methoxy groups -OCH3 is 1. The molecule has 0 radical (unpaired) electrons. The molecule has 2 aromatic rings. The Hall–Kier alpha value is -3.43. The predicted octanol–water partition coefficient (Wildman–Crippen LogP) is 0.644. The molecule has 0 aliphatic rings. The molecule has 26 heavy (non-hydrogen) atoms. The minimum absolute atomic E-state index is 0.0495. The van der Waals surface area contributed by atoms with E-state index in [-0.39, 0.29) is 23.2 Å². The van der Waals surface area contributed by atoms with Crippen molar-refractivity contribution in [3.63, 3.8) is 0 Å². The van der Waals surface area contributed by atoms with Crippen LogP contribution in [0.1, 0.15) is 24.3 Å². The summed E-state index contributed by atoms with van der Waals surface area (Å²) >= 11 is 0. The van der Waals surface area contributed by atoms with Gasteiger partial charge in [-0.3, -0.25) is 9.59 Å². The first-order valence-electron chi connectivity index (χ1n) is 7.81. The van der Waals surface area contributed by atoms with Crippen molar-refractivity contribution in [3.8, 4) is 5.88 Å². The minimum Gasteiger partial charge on any atom is -0.481 e. The number of nitrogens with two attached hydrogens (primary N) is 2. The lowest BCUT2D eigenvalue weighted by molar-refractivity contribution is -0.119. The van der Waals surface area contributed by atoms with Gasteiger partial charge in [-0.15, -0.1) is 0 Å². The van der Waals surface area contributed by atoms with Gasteiger partial charge in [0.2, 0.25) is 11.8 Å². The highest BCUT2D eigenvalue weighted by Gasteiger charge is 2.21. The van der Waals surface area contributed by atoms with E-state index in [9.17, 15) is 9.59 Å². The third-order valence-corrected chi connectivity index (χ3v) is 3.49. The van der Waals surface area contributed by atoms with Crippen LogP contribution in [0.3, 0.4) is 0 Å². The van der Waals surface area contributed by atoms with Crippen molar-refractivity contribution in [2.75, 3.05) is 17.7 Å². The molecule has 1 atom stereocenters. The summed E-state index contributed by atoms with van der Waals surface area (Å²) in [5.41, 5.74) is 11.3. The van der Waals surface area contributed by atoms with E-state index in [1.54, 1.807) is 12.1 Å². The topological polar surface area (TPSA) is 158 Å². The lowest BCUT2D eigenvalue weighted by Gasteiger charge is -2.20. The van der Waals surface area contributed by atoms with Crippen molar-refractivity contribution in [3.05, 3.63) is 30.2 Å². The number of amides is 2. The SMILES string of the molecule is COc1cc(Nc2nc(NC(C(N)=O)C(C)C)cnc2C(N)=O)ccn1. The molecular formula is C16H21N7O3. The Morgan fingerprint density at radius 3 is 2.54 bits per heavy atom. The van der Waals surface area contributed by atoms with Crippen molar-refractivity contribution >= 4 is 29.1 Å². The number of rotatable bonds is 8. The van der Waals surface area contributed by atoms with Crippen LogP contribution in [0.5, 0.6) is 5.88 Å². The molecule has 2 heterocycles. The highest BCUT2D eigenvalue weighted by Crippen LogP contribution is 2.22. The number of ether oxygens (including phenoxy) is 1. The van der Waals surface area contributed by atoms with Gasteiger partial charge in [-0.1, -0.05) is 13.8 Å². The van der Waals surface area contributed by atoms with E-state index in [0.717, 1.165) is 0 Å². The van der Waals surface area contributed by atoms with Crippen molar-refractivity contribution in [2.45, 2.75) is 19.9 Å². The van der Waals surface area contributed by atoms with Crippen LogP contribution in [0.15, 0.2) is 24.5 Å². The van der Waals surface area contributed by atoms with E-state index >= 15 is 0 Å². The zero-order chi connectivity index (χ0) is 19.3. The van der Waals surface area contributed by atoms with Crippen LogP contribution >= 0.6 is 0 Å². The largest absolute Gasteiger partial charge is 0.481 e. The molecule has 6 N–H and O–H groups in total. The molecule has 0 aliphatic heterocycles. The fourth-order valence-electron chi connectivity index (χ4n) is 2.19. The third kappa shape index (κ3) is 4.56. The molecule has 2 aromatic heterocycles. The predicted molar refractivity (Wildman–Crippen MR) is 96.1 cm³/mol. The monoisotopic (exact) mass is 359 g/mol. The van der Waals surface area contributed by atoms with E-state index in [1.807, 2.05) is 13.8 Å². The van der Waals surface area contributed by atoms with E-state index < -0.39 is 17.9 Å². The number of primary amides is 2. The maximum atomic E-state index is 11.6. The summed E-state index contributed by atoms with van der Waals surface area (Å²) in [6.45, 7) is 3.69. The molecule has 0 saturated heterocycles. The molecular weight excluding hydrogens is 338 g/mol. The standard InChI is InChI=1S/C16H21N7O3/c1-8(2)12(14(17)24)22-10-7-20-13(15(18)25)16(23-10)21-9-4-5-19-11(6-9)26-3/h4-8,12H,1-3H3,(H2,17,24)(H2,18,25)(H2,19,21,22,23). The van der Waals surface area contributed by atoms with Gasteiger partial charge < -0.3 is 26.8 Å². The molecule has 2 amide bonds. The molecule has 0 spiro atoms. The molecule has 0 bridgehead atoms. The Bertz CT molecular complexity index is 810. The molecule has 2 rings (SSSR count). The number of hydrogen-bond donors (Lipinski definition) is 4. The van der Waals surface area contributed by atoms with Crippen LogP contribution in [-0.4, -0.2) is 39.9 Å². The molecule has 138 valence electrons. The summed E-state index contributed by atoms with van der Waals surface area (Å²) < 4.78 is 5.06. The average Bonchev–Trinajstić information content (AvgIpc) is 2.59. The number of carbonyl (C=O) groups excluding carboxylic acids is 2. The van der Waals surface area contributed by atoms with Gasteiger partial charge in [0.25, 0.3) is 5.91 Å². The second-order valence-electron chi connectivity index (χ2n) is 5.80. The first-order valence-corrected chi connectivity index (χ1v) is 7.81. The Kier molecular flexibility index (Phi) is 5.89. The number of nitrogens with one attached hydrogen (secondary N) is 2. The van der Waals surface area contributed by atoms with Crippen molar-refractivity contribution in [2.24, 2.45) is 17.4 Å². The van der Waals surface area contributed by atoms with Gasteiger partial charge in [-0.25, -0.2) is 15.0 Å². The molecule has 0 aliphatic carbocycles. The fourth-order valence-corrected chi connectivity index (χ4v) is 2.19. The lowest BCUT2D eigenvalue weighted by Crippen LogP contribution is -2.39. The van der Waals surface area contributed by atoms with Crippen molar-refractivity contribution in [1.29, 1.82) is 0 Å². The highest BCUT2D eigenvalue weighted by molar-refractivity contribution is 5.96.